The summed E-state index contributed by atoms with van der Waals surface area (Å²) < 4.78 is 38.2. The van der Waals surface area contributed by atoms with Crippen LogP contribution in [-0.4, -0.2) is 6.54 Å². The Bertz CT molecular complexity index is 537. The minimum atomic E-state index is -4.49. The third-order valence-electron chi connectivity index (χ3n) is 4.53. The van der Waals surface area contributed by atoms with E-state index < -0.39 is 11.7 Å². The summed E-state index contributed by atoms with van der Waals surface area (Å²) in [6.07, 6.45) is 1.31. The van der Waals surface area contributed by atoms with Gasteiger partial charge >= 0.3 is 6.18 Å². The predicted octanol–water partition coefficient (Wildman–Crippen LogP) is 4.96. The zero-order valence-corrected chi connectivity index (χ0v) is 12.1. The van der Waals surface area contributed by atoms with Gasteiger partial charge in [0.2, 0.25) is 0 Å². The molecule has 21 heavy (non-hydrogen) atoms. The van der Waals surface area contributed by atoms with Crippen LogP contribution < -0.4 is 5.32 Å². The van der Waals surface area contributed by atoms with Crippen LogP contribution in [0.25, 0.3) is 0 Å². The third-order valence-corrected chi connectivity index (χ3v) is 4.53. The molecule has 0 aromatic heterocycles. The lowest BCUT2D eigenvalue weighted by molar-refractivity contribution is -0.137. The monoisotopic (exact) mass is 296 g/mol. The highest BCUT2D eigenvalue weighted by atomic mass is 19.4. The number of benzene rings is 1. The van der Waals surface area contributed by atoms with E-state index in [1.807, 2.05) is 0 Å². The second-order valence-electron chi connectivity index (χ2n) is 5.78. The van der Waals surface area contributed by atoms with Crippen molar-refractivity contribution in [3.05, 3.63) is 29.3 Å². The molecule has 0 radical (unpaired) electrons. The summed E-state index contributed by atoms with van der Waals surface area (Å²) in [5.74, 6) is 0. The fourth-order valence-corrected chi connectivity index (χ4v) is 3.06. The van der Waals surface area contributed by atoms with Gasteiger partial charge in [-0.25, -0.2) is 0 Å². The second-order valence-corrected chi connectivity index (χ2v) is 5.78. The summed E-state index contributed by atoms with van der Waals surface area (Å²) in [4.78, 5) is 0. The highest BCUT2D eigenvalue weighted by Gasteiger charge is 2.34. The summed E-state index contributed by atoms with van der Waals surface area (Å²) in [7, 11) is 0. The Labute approximate surface area is 123 Å². The van der Waals surface area contributed by atoms with Crippen molar-refractivity contribution in [2.75, 3.05) is 11.9 Å². The Hall–Kier alpha value is -1.70. The molecule has 1 fully saturated rings. The van der Waals surface area contributed by atoms with E-state index in [4.69, 9.17) is 5.26 Å². The quantitative estimate of drug-likeness (QED) is 0.852. The lowest BCUT2D eigenvalue weighted by atomic mass is 9.83. The first kappa shape index (κ1) is 15.7. The van der Waals surface area contributed by atoms with Gasteiger partial charge in [-0.05, 0) is 42.9 Å². The number of rotatable bonds is 4. The van der Waals surface area contributed by atoms with Gasteiger partial charge in [0.25, 0.3) is 0 Å². The fraction of sp³-hybridized carbons (Fsp3) is 0.562. The van der Waals surface area contributed by atoms with Crippen LogP contribution in [-0.2, 0) is 6.18 Å². The molecule has 0 atom stereocenters. The highest BCUT2D eigenvalue weighted by Crippen LogP contribution is 2.41. The van der Waals surface area contributed by atoms with Crippen LogP contribution in [0, 0.1) is 16.7 Å². The van der Waals surface area contributed by atoms with Crippen LogP contribution in [0.15, 0.2) is 18.2 Å². The number of halogens is 3. The Morgan fingerprint density at radius 3 is 2.48 bits per heavy atom. The minimum absolute atomic E-state index is 0.246. The lowest BCUT2D eigenvalue weighted by Crippen LogP contribution is -2.26. The van der Waals surface area contributed by atoms with Crippen molar-refractivity contribution in [1.82, 2.24) is 0 Å². The fourth-order valence-electron chi connectivity index (χ4n) is 3.06. The molecule has 0 heterocycles. The molecule has 1 N–H and O–H groups in total. The molecule has 5 heteroatoms. The van der Waals surface area contributed by atoms with Gasteiger partial charge in [-0.3, -0.25) is 0 Å². The van der Waals surface area contributed by atoms with Crippen LogP contribution in [0.5, 0.6) is 0 Å². The molecule has 1 aliphatic rings. The van der Waals surface area contributed by atoms with Crippen LogP contribution in [0.1, 0.15) is 50.2 Å². The molecular formula is C16H19F3N2. The molecule has 1 aromatic carbocycles. The van der Waals surface area contributed by atoms with E-state index in [0.29, 0.717) is 5.69 Å². The maximum absolute atomic E-state index is 12.7. The molecule has 0 bridgehead atoms. The van der Waals surface area contributed by atoms with Crippen molar-refractivity contribution >= 4 is 5.69 Å². The van der Waals surface area contributed by atoms with E-state index in [1.165, 1.54) is 25.0 Å². The van der Waals surface area contributed by atoms with Crippen molar-refractivity contribution in [2.24, 2.45) is 5.41 Å². The molecule has 0 amide bonds. The number of hydrogen-bond acceptors (Lipinski definition) is 2. The molecule has 2 nitrogen and oxygen atoms in total. The van der Waals surface area contributed by atoms with Gasteiger partial charge in [0.1, 0.15) is 0 Å². The number of anilines is 1. The van der Waals surface area contributed by atoms with E-state index >= 15 is 0 Å². The van der Waals surface area contributed by atoms with Crippen molar-refractivity contribution in [1.29, 1.82) is 5.26 Å². The first-order valence-electron chi connectivity index (χ1n) is 7.25. The summed E-state index contributed by atoms with van der Waals surface area (Å²) >= 11 is 0. The maximum atomic E-state index is 12.7. The average Bonchev–Trinajstić information content (AvgIpc) is 2.93. The topological polar surface area (TPSA) is 35.8 Å². The smallest absolute Gasteiger partial charge is 0.384 e. The van der Waals surface area contributed by atoms with E-state index in [1.54, 1.807) is 6.07 Å². The summed E-state index contributed by atoms with van der Waals surface area (Å²) in [5, 5.41) is 12.1. The van der Waals surface area contributed by atoms with Crippen molar-refractivity contribution in [3.63, 3.8) is 0 Å². The summed E-state index contributed by atoms with van der Waals surface area (Å²) in [6, 6.07) is 5.31. The summed E-state index contributed by atoms with van der Waals surface area (Å²) in [5.41, 5.74) is -0.374. The number of nitrogens with one attached hydrogen (secondary N) is 1. The van der Waals surface area contributed by atoms with Gasteiger partial charge in [-0.1, -0.05) is 19.8 Å². The molecule has 0 spiro atoms. The van der Waals surface area contributed by atoms with E-state index in [2.05, 4.69) is 12.2 Å². The molecule has 0 aliphatic heterocycles. The minimum Gasteiger partial charge on any atom is -0.384 e. The zero-order valence-electron chi connectivity index (χ0n) is 12.1. The number of hydrogen-bond donors (Lipinski definition) is 1. The Morgan fingerprint density at radius 1 is 1.29 bits per heavy atom. The van der Waals surface area contributed by atoms with Gasteiger partial charge in [-0.15, -0.1) is 0 Å². The largest absolute Gasteiger partial charge is 0.417 e. The van der Waals surface area contributed by atoms with Gasteiger partial charge in [0.05, 0.1) is 17.2 Å². The zero-order chi connectivity index (χ0) is 15.5. The molecule has 1 saturated carbocycles. The molecular weight excluding hydrogens is 277 g/mol. The van der Waals surface area contributed by atoms with E-state index in [0.717, 1.165) is 31.9 Å². The molecule has 1 aromatic rings. The normalized spacial score (nSPS) is 17.5. The van der Waals surface area contributed by atoms with E-state index in [9.17, 15) is 13.2 Å². The average molecular weight is 296 g/mol. The second kappa shape index (κ2) is 5.97. The molecule has 1 aliphatic carbocycles. The first-order valence-corrected chi connectivity index (χ1v) is 7.25. The van der Waals surface area contributed by atoms with Gasteiger partial charge in [0.15, 0.2) is 0 Å². The SMILES string of the molecule is CCC1(CNc2ccc(C(F)(F)F)c(C#N)c2)CCCC1. The lowest BCUT2D eigenvalue weighted by Gasteiger charge is -2.28. The van der Waals surface area contributed by atoms with Crippen molar-refractivity contribution < 1.29 is 13.2 Å². The van der Waals surface area contributed by atoms with E-state index in [-0.39, 0.29) is 11.0 Å². The number of alkyl halides is 3. The van der Waals surface area contributed by atoms with Gasteiger partial charge in [-0.2, -0.15) is 18.4 Å². The first-order chi connectivity index (χ1) is 9.90. The summed E-state index contributed by atoms with van der Waals surface area (Å²) in [6.45, 7) is 2.90. The van der Waals surface area contributed by atoms with Crippen LogP contribution >= 0.6 is 0 Å². The molecule has 0 unspecified atom stereocenters. The molecule has 114 valence electrons. The molecule has 2 rings (SSSR count). The van der Waals surface area contributed by atoms with Crippen LogP contribution in [0.4, 0.5) is 18.9 Å². The Balaban J connectivity index is 2.13. The Kier molecular flexibility index (Phi) is 4.46. The number of nitrogens with zero attached hydrogens (tertiary/aromatic N) is 1. The predicted molar refractivity (Wildman–Crippen MR) is 75.8 cm³/mol. The van der Waals surface area contributed by atoms with Gasteiger partial charge in [0, 0.05) is 12.2 Å². The van der Waals surface area contributed by atoms with Crippen LogP contribution in [0.2, 0.25) is 0 Å². The van der Waals surface area contributed by atoms with Crippen molar-refractivity contribution in [2.45, 2.75) is 45.2 Å². The third kappa shape index (κ3) is 3.49. The van der Waals surface area contributed by atoms with Gasteiger partial charge < -0.3 is 5.32 Å². The Morgan fingerprint density at radius 2 is 1.95 bits per heavy atom. The standard InChI is InChI=1S/C16H19F3N2/c1-2-15(7-3-4-8-15)11-21-13-5-6-14(16(17,18)19)12(9-13)10-20/h5-6,9,21H,2-4,7-8,11H2,1H3. The highest BCUT2D eigenvalue weighted by molar-refractivity contribution is 5.53. The molecule has 0 saturated heterocycles. The maximum Gasteiger partial charge on any atom is 0.417 e. The van der Waals surface area contributed by atoms with Crippen molar-refractivity contribution in [3.8, 4) is 6.07 Å². The number of nitriles is 1. The van der Waals surface area contributed by atoms with Crippen LogP contribution in [0.3, 0.4) is 0 Å².